The number of carbonyl (C=O) groups is 1. The molecule has 2 rings (SSSR count). The lowest BCUT2D eigenvalue weighted by atomic mass is 10.1. The number of hydrogen-bond acceptors (Lipinski definition) is 4. The number of rotatable bonds is 5. The molecule has 122 valence electrons. The van der Waals surface area contributed by atoms with Crippen molar-refractivity contribution in [1.29, 1.82) is 0 Å². The van der Waals surface area contributed by atoms with Crippen LogP contribution in [0.2, 0.25) is 0 Å². The minimum Gasteiger partial charge on any atom is -0.468 e. The summed E-state index contributed by atoms with van der Waals surface area (Å²) in [5, 5.41) is 0. The summed E-state index contributed by atoms with van der Waals surface area (Å²) >= 11 is 3.01. The molecule has 8 heteroatoms. The molecule has 0 fully saturated rings. The van der Waals surface area contributed by atoms with Crippen molar-refractivity contribution < 1.29 is 22.3 Å². The van der Waals surface area contributed by atoms with Crippen molar-refractivity contribution in [2.75, 3.05) is 7.11 Å². The highest BCUT2D eigenvalue weighted by Gasteiger charge is 2.29. The first-order chi connectivity index (χ1) is 10.8. The number of nitrogens with one attached hydrogen (secondary N) is 1. The second-order valence-corrected chi connectivity index (χ2v) is 7.10. The van der Waals surface area contributed by atoms with E-state index in [2.05, 4.69) is 25.4 Å². The maximum absolute atomic E-state index is 13.1. The average Bonchev–Trinajstić information content (AvgIpc) is 2.52. The molecule has 0 radical (unpaired) electrons. The van der Waals surface area contributed by atoms with E-state index in [9.17, 15) is 17.6 Å². The van der Waals surface area contributed by atoms with E-state index in [4.69, 9.17) is 0 Å². The van der Waals surface area contributed by atoms with E-state index >= 15 is 0 Å². The largest absolute Gasteiger partial charge is 0.468 e. The van der Waals surface area contributed by atoms with Gasteiger partial charge in [-0.3, -0.25) is 0 Å². The molecule has 2 aromatic carbocycles. The fourth-order valence-corrected chi connectivity index (χ4v) is 4.15. The van der Waals surface area contributed by atoms with Crippen molar-refractivity contribution in [1.82, 2.24) is 4.72 Å². The van der Waals surface area contributed by atoms with Crippen molar-refractivity contribution in [2.45, 2.75) is 10.9 Å². The van der Waals surface area contributed by atoms with Gasteiger partial charge in [-0.1, -0.05) is 30.3 Å². The molecule has 1 N–H and O–H groups in total. The maximum atomic E-state index is 13.1. The summed E-state index contributed by atoms with van der Waals surface area (Å²) < 4.78 is 45.1. The molecule has 0 aliphatic rings. The second kappa shape index (κ2) is 7.20. The lowest BCUT2D eigenvalue weighted by Gasteiger charge is -2.17. The number of sulfonamides is 1. The summed E-state index contributed by atoms with van der Waals surface area (Å²) in [6.45, 7) is 0. The number of carbonyl (C=O) groups excluding carboxylic acids is 1. The Morgan fingerprint density at radius 2 is 1.87 bits per heavy atom. The normalized spacial score (nSPS) is 12.7. The summed E-state index contributed by atoms with van der Waals surface area (Å²) in [4.78, 5) is 11.8. The number of halogens is 2. The number of esters is 1. The maximum Gasteiger partial charge on any atom is 0.328 e. The van der Waals surface area contributed by atoms with E-state index in [0.29, 0.717) is 5.56 Å². The molecular formula is C15H13BrFNO4S. The predicted molar refractivity (Wildman–Crippen MR) is 85.6 cm³/mol. The van der Waals surface area contributed by atoms with Crippen molar-refractivity contribution >= 4 is 31.9 Å². The van der Waals surface area contributed by atoms with Crippen LogP contribution >= 0.6 is 15.9 Å². The van der Waals surface area contributed by atoms with Gasteiger partial charge in [-0.05, 0) is 39.7 Å². The molecule has 0 aliphatic heterocycles. The first kappa shape index (κ1) is 17.6. The summed E-state index contributed by atoms with van der Waals surface area (Å²) in [6, 6.07) is 10.3. The quantitative estimate of drug-likeness (QED) is 0.781. The standard InChI is InChI=1S/C15H13BrFNO4S/c1-22-15(19)14(10-5-3-2-4-6-10)18-23(20,21)13-8-7-11(17)9-12(13)16/h2-9,14,18H,1H3. The molecule has 1 unspecified atom stereocenters. The van der Waals surface area contributed by atoms with Gasteiger partial charge in [0.15, 0.2) is 0 Å². The fraction of sp³-hybridized carbons (Fsp3) is 0.133. The minimum atomic E-state index is -4.07. The van der Waals surface area contributed by atoms with E-state index in [1.165, 1.54) is 7.11 Å². The van der Waals surface area contributed by atoms with Gasteiger partial charge in [0.2, 0.25) is 10.0 Å². The number of benzene rings is 2. The van der Waals surface area contributed by atoms with Gasteiger partial charge in [0.05, 0.1) is 12.0 Å². The van der Waals surface area contributed by atoms with E-state index in [-0.39, 0.29) is 9.37 Å². The first-order valence-electron chi connectivity index (χ1n) is 6.45. The highest BCUT2D eigenvalue weighted by Crippen LogP contribution is 2.25. The molecule has 0 amide bonds. The second-order valence-electron chi connectivity index (χ2n) is 4.56. The molecule has 0 spiro atoms. The van der Waals surface area contributed by atoms with Crippen LogP contribution in [0.4, 0.5) is 4.39 Å². The van der Waals surface area contributed by atoms with E-state index in [0.717, 1.165) is 18.2 Å². The van der Waals surface area contributed by atoms with Crippen LogP contribution in [0, 0.1) is 5.82 Å². The Bertz CT molecular complexity index is 811. The molecule has 0 saturated heterocycles. The average molecular weight is 402 g/mol. The van der Waals surface area contributed by atoms with Gasteiger partial charge in [-0.2, -0.15) is 4.72 Å². The summed E-state index contributed by atoms with van der Waals surface area (Å²) in [5.41, 5.74) is 0.432. The molecule has 0 aromatic heterocycles. The van der Waals surface area contributed by atoms with Gasteiger partial charge >= 0.3 is 5.97 Å². The Morgan fingerprint density at radius 1 is 1.22 bits per heavy atom. The highest BCUT2D eigenvalue weighted by molar-refractivity contribution is 9.10. The zero-order chi connectivity index (χ0) is 17.0. The minimum absolute atomic E-state index is 0.0571. The lowest BCUT2D eigenvalue weighted by Crippen LogP contribution is -2.34. The third-order valence-electron chi connectivity index (χ3n) is 3.03. The molecule has 0 heterocycles. The SMILES string of the molecule is COC(=O)C(NS(=O)(=O)c1ccc(F)cc1Br)c1ccccc1. The van der Waals surface area contributed by atoms with Crippen LogP contribution in [-0.2, 0) is 19.6 Å². The zero-order valence-corrected chi connectivity index (χ0v) is 14.4. The number of methoxy groups -OCH3 is 1. The first-order valence-corrected chi connectivity index (χ1v) is 8.73. The lowest BCUT2D eigenvalue weighted by molar-refractivity contribution is -0.142. The predicted octanol–water partition coefficient (Wildman–Crippen LogP) is 2.78. The molecule has 0 saturated carbocycles. The van der Waals surface area contributed by atoms with Crippen molar-refractivity contribution in [2.24, 2.45) is 0 Å². The smallest absolute Gasteiger partial charge is 0.328 e. The highest BCUT2D eigenvalue weighted by atomic mass is 79.9. The van der Waals surface area contributed by atoms with Crippen molar-refractivity contribution in [3.63, 3.8) is 0 Å². The Balaban J connectivity index is 2.40. The van der Waals surface area contributed by atoms with Gasteiger partial charge in [0.25, 0.3) is 0 Å². The fourth-order valence-electron chi connectivity index (χ4n) is 1.93. The van der Waals surface area contributed by atoms with Gasteiger partial charge in [0.1, 0.15) is 11.9 Å². The molecule has 5 nitrogen and oxygen atoms in total. The molecule has 0 bridgehead atoms. The van der Waals surface area contributed by atoms with Crippen LogP contribution in [0.15, 0.2) is 57.9 Å². The van der Waals surface area contributed by atoms with E-state index in [1.807, 2.05) is 0 Å². The Hall–Kier alpha value is -1.77. The van der Waals surface area contributed by atoms with Crippen LogP contribution in [0.3, 0.4) is 0 Å². The van der Waals surface area contributed by atoms with Crippen LogP contribution in [0.1, 0.15) is 11.6 Å². The molecular weight excluding hydrogens is 389 g/mol. The Morgan fingerprint density at radius 3 is 2.43 bits per heavy atom. The van der Waals surface area contributed by atoms with Crippen LogP contribution < -0.4 is 4.72 Å². The zero-order valence-electron chi connectivity index (χ0n) is 12.0. The van der Waals surface area contributed by atoms with Gasteiger partial charge in [0, 0.05) is 4.47 Å². The number of hydrogen-bond donors (Lipinski definition) is 1. The summed E-state index contributed by atoms with van der Waals surface area (Å²) in [5.74, 6) is -1.33. The summed E-state index contributed by atoms with van der Waals surface area (Å²) in [7, 11) is -2.91. The van der Waals surface area contributed by atoms with Crippen LogP contribution in [-0.4, -0.2) is 21.5 Å². The van der Waals surface area contributed by atoms with Crippen LogP contribution in [0.5, 0.6) is 0 Å². The van der Waals surface area contributed by atoms with Crippen molar-refractivity contribution in [3.8, 4) is 0 Å². The Labute approximate surface area is 141 Å². The molecule has 2 aromatic rings. The molecule has 0 aliphatic carbocycles. The van der Waals surface area contributed by atoms with E-state index in [1.54, 1.807) is 30.3 Å². The van der Waals surface area contributed by atoms with E-state index < -0.39 is 27.9 Å². The monoisotopic (exact) mass is 401 g/mol. The molecule has 23 heavy (non-hydrogen) atoms. The van der Waals surface area contributed by atoms with Crippen LogP contribution in [0.25, 0.3) is 0 Å². The Kier molecular flexibility index (Phi) is 5.51. The van der Waals surface area contributed by atoms with Gasteiger partial charge < -0.3 is 4.74 Å². The number of ether oxygens (including phenoxy) is 1. The summed E-state index contributed by atoms with van der Waals surface area (Å²) in [6.07, 6.45) is 0. The van der Waals surface area contributed by atoms with Gasteiger partial charge in [-0.25, -0.2) is 17.6 Å². The third-order valence-corrected chi connectivity index (χ3v) is 5.43. The van der Waals surface area contributed by atoms with Crippen molar-refractivity contribution in [3.05, 3.63) is 64.4 Å². The van der Waals surface area contributed by atoms with Gasteiger partial charge in [-0.15, -0.1) is 0 Å². The third kappa shape index (κ3) is 4.15. The molecule has 1 atom stereocenters. The topological polar surface area (TPSA) is 72.5 Å².